The molecule has 0 spiro atoms. The van der Waals surface area contributed by atoms with Gasteiger partial charge in [0.2, 0.25) is 0 Å². The molecule has 0 amide bonds. The average Bonchev–Trinajstić information content (AvgIpc) is 2.72. The molecule has 5 atom stereocenters. The van der Waals surface area contributed by atoms with E-state index in [1.165, 1.54) is 0 Å². The third-order valence-corrected chi connectivity index (χ3v) is 2.80. The van der Waals surface area contributed by atoms with Gasteiger partial charge in [-0.05, 0) is 19.4 Å². The predicted octanol–water partition coefficient (Wildman–Crippen LogP) is -0.105. The monoisotopic (exact) mass is 245 g/mol. The highest BCUT2D eigenvalue weighted by Gasteiger charge is 2.55. The number of aliphatic hydroxyl groups excluding tert-OH is 2. The SMILES string of the molecule is CC1(C)O[C@@H]2OC([C@H](O)CO)C(N=[N+]=[N-])[C@@H]2O1. The van der Waals surface area contributed by atoms with Crippen LogP contribution in [0.5, 0.6) is 0 Å². The molecule has 2 rings (SSSR count). The van der Waals surface area contributed by atoms with Gasteiger partial charge in [-0.25, -0.2) is 0 Å². The first-order valence-electron chi connectivity index (χ1n) is 5.33. The molecule has 2 unspecified atom stereocenters. The maximum absolute atomic E-state index is 9.57. The lowest BCUT2D eigenvalue weighted by atomic mass is 10.0. The van der Waals surface area contributed by atoms with Crippen LogP contribution in [-0.2, 0) is 14.2 Å². The van der Waals surface area contributed by atoms with Crippen LogP contribution in [0, 0.1) is 0 Å². The largest absolute Gasteiger partial charge is 0.394 e. The Hall–Kier alpha value is -0.890. The number of rotatable bonds is 3. The molecule has 8 nitrogen and oxygen atoms in total. The van der Waals surface area contributed by atoms with Gasteiger partial charge in [0.25, 0.3) is 0 Å². The zero-order chi connectivity index (χ0) is 12.6. The molecule has 2 heterocycles. The van der Waals surface area contributed by atoms with Crippen molar-refractivity contribution in [1.29, 1.82) is 0 Å². The fraction of sp³-hybridized carbons (Fsp3) is 1.00. The summed E-state index contributed by atoms with van der Waals surface area (Å²) >= 11 is 0. The first kappa shape index (κ1) is 12.6. The van der Waals surface area contributed by atoms with E-state index in [0.717, 1.165) is 0 Å². The van der Waals surface area contributed by atoms with Gasteiger partial charge < -0.3 is 24.4 Å². The van der Waals surface area contributed by atoms with Gasteiger partial charge >= 0.3 is 0 Å². The Morgan fingerprint density at radius 3 is 2.76 bits per heavy atom. The van der Waals surface area contributed by atoms with Gasteiger partial charge in [0.05, 0.1) is 12.6 Å². The minimum absolute atomic E-state index is 0.481. The zero-order valence-electron chi connectivity index (χ0n) is 9.55. The Morgan fingerprint density at radius 1 is 1.47 bits per heavy atom. The molecule has 2 aliphatic heterocycles. The van der Waals surface area contributed by atoms with Crippen LogP contribution >= 0.6 is 0 Å². The van der Waals surface area contributed by atoms with Crippen molar-refractivity contribution in [2.24, 2.45) is 5.11 Å². The highest BCUT2D eigenvalue weighted by Crippen LogP contribution is 2.39. The molecular formula is C9H15N3O5. The molecule has 2 aliphatic rings. The Bertz CT molecular complexity index is 344. The van der Waals surface area contributed by atoms with Crippen molar-refractivity contribution >= 4 is 0 Å². The lowest BCUT2D eigenvalue weighted by molar-refractivity contribution is -0.217. The van der Waals surface area contributed by atoms with E-state index in [-0.39, 0.29) is 0 Å². The number of aliphatic hydroxyl groups is 2. The molecule has 0 bridgehead atoms. The normalized spacial score (nSPS) is 40.7. The first-order chi connectivity index (χ1) is 7.98. The molecule has 17 heavy (non-hydrogen) atoms. The minimum atomic E-state index is -1.13. The Balaban J connectivity index is 2.18. The summed E-state index contributed by atoms with van der Waals surface area (Å²) in [5.41, 5.74) is 8.51. The van der Waals surface area contributed by atoms with Crippen LogP contribution in [0.4, 0.5) is 0 Å². The van der Waals surface area contributed by atoms with Gasteiger partial charge in [0, 0.05) is 4.91 Å². The second kappa shape index (κ2) is 4.41. The van der Waals surface area contributed by atoms with Gasteiger partial charge in [-0.15, -0.1) is 0 Å². The van der Waals surface area contributed by atoms with Crippen LogP contribution < -0.4 is 0 Å². The summed E-state index contributed by atoms with van der Waals surface area (Å²) in [7, 11) is 0. The van der Waals surface area contributed by atoms with Crippen LogP contribution in [0.15, 0.2) is 5.11 Å². The summed E-state index contributed by atoms with van der Waals surface area (Å²) in [4.78, 5) is 2.71. The Labute approximate surface area is 97.7 Å². The lowest BCUT2D eigenvalue weighted by Crippen LogP contribution is -2.41. The van der Waals surface area contributed by atoms with Gasteiger partial charge in [0.1, 0.15) is 18.3 Å². The van der Waals surface area contributed by atoms with Crippen molar-refractivity contribution < 1.29 is 24.4 Å². The Morgan fingerprint density at radius 2 is 2.18 bits per heavy atom. The molecule has 2 N–H and O–H groups in total. The molecule has 0 aromatic heterocycles. The molecule has 0 aliphatic carbocycles. The highest BCUT2D eigenvalue weighted by atomic mass is 16.8. The maximum atomic E-state index is 9.57. The van der Waals surface area contributed by atoms with E-state index < -0.39 is 43.0 Å². The quantitative estimate of drug-likeness (QED) is 0.409. The molecule has 96 valence electrons. The van der Waals surface area contributed by atoms with E-state index in [0.29, 0.717) is 0 Å². The predicted molar refractivity (Wildman–Crippen MR) is 54.7 cm³/mol. The van der Waals surface area contributed by atoms with Gasteiger partial charge in [-0.3, -0.25) is 0 Å². The molecule has 8 heteroatoms. The van der Waals surface area contributed by atoms with Crippen molar-refractivity contribution in [2.75, 3.05) is 6.61 Å². The molecule has 0 radical (unpaired) electrons. The summed E-state index contributed by atoms with van der Waals surface area (Å²) in [5.74, 6) is -0.812. The second-order valence-electron chi connectivity index (χ2n) is 4.51. The van der Waals surface area contributed by atoms with E-state index in [4.69, 9.17) is 24.8 Å². The van der Waals surface area contributed by atoms with E-state index in [2.05, 4.69) is 10.0 Å². The topological polar surface area (TPSA) is 117 Å². The molecular weight excluding hydrogens is 230 g/mol. The number of fused-ring (bicyclic) bond motifs is 1. The lowest BCUT2D eigenvalue weighted by Gasteiger charge is -2.25. The van der Waals surface area contributed by atoms with Crippen molar-refractivity contribution in [2.45, 2.75) is 50.3 Å². The van der Waals surface area contributed by atoms with E-state index >= 15 is 0 Å². The number of ether oxygens (including phenoxy) is 3. The fourth-order valence-electron chi connectivity index (χ4n) is 2.13. The zero-order valence-corrected chi connectivity index (χ0v) is 9.55. The first-order valence-corrected chi connectivity index (χ1v) is 5.33. The molecule has 0 aromatic carbocycles. The third-order valence-electron chi connectivity index (χ3n) is 2.80. The summed E-state index contributed by atoms with van der Waals surface area (Å²) in [6, 6.07) is -0.714. The second-order valence-corrected chi connectivity index (χ2v) is 4.51. The summed E-state index contributed by atoms with van der Waals surface area (Å²) in [6.45, 7) is 2.96. The minimum Gasteiger partial charge on any atom is -0.394 e. The van der Waals surface area contributed by atoms with Crippen molar-refractivity contribution in [1.82, 2.24) is 0 Å². The molecule has 0 aromatic rings. The number of nitrogens with zero attached hydrogens (tertiary/aromatic N) is 3. The Kier molecular flexibility index (Phi) is 3.26. The summed E-state index contributed by atoms with van der Waals surface area (Å²) < 4.78 is 16.4. The fourth-order valence-corrected chi connectivity index (χ4v) is 2.13. The van der Waals surface area contributed by atoms with Gasteiger partial charge in [-0.2, -0.15) is 0 Å². The van der Waals surface area contributed by atoms with Crippen molar-refractivity contribution in [3.63, 3.8) is 0 Å². The summed E-state index contributed by atoms with van der Waals surface area (Å²) in [5, 5.41) is 22.0. The van der Waals surface area contributed by atoms with E-state index in [1.807, 2.05) is 0 Å². The van der Waals surface area contributed by atoms with Crippen molar-refractivity contribution in [3.8, 4) is 0 Å². The van der Waals surface area contributed by atoms with Gasteiger partial charge in [0.15, 0.2) is 12.1 Å². The molecule has 0 saturated carbocycles. The van der Waals surface area contributed by atoms with Crippen LogP contribution in [0.1, 0.15) is 13.8 Å². The van der Waals surface area contributed by atoms with E-state index in [9.17, 15) is 5.11 Å². The summed E-state index contributed by atoms with van der Waals surface area (Å²) in [6.07, 6.45) is -3.20. The van der Waals surface area contributed by atoms with Gasteiger partial charge in [-0.1, -0.05) is 5.11 Å². The number of azide groups is 1. The highest BCUT2D eigenvalue weighted by molar-refractivity contribution is 5.00. The third kappa shape index (κ3) is 2.23. The maximum Gasteiger partial charge on any atom is 0.188 e. The molecule has 2 fully saturated rings. The van der Waals surface area contributed by atoms with Crippen LogP contribution in [0.2, 0.25) is 0 Å². The van der Waals surface area contributed by atoms with Crippen LogP contribution in [0.3, 0.4) is 0 Å². The van der Waals surface area contributed by atoms with Crippen molar-refractivity contribution in [3.05, 3.63) is 10.4 Å². The number of hydrogen-bond acceptors (Lipinski definition) is 6. The van der Waals surface area contributed by atoms with Crippen LogP contribution in [-0.4, -0.2) is 53.3 Å². The number of hydrogen-bond donors (Lipinski definition) is 2. The smallest absolute Gasteiger partial charge is 0.188 e. The average molecular weight is 245 g/mol. The van der Waals surface area contributed by atoms with E-state index in [1.54, 1.807) is 13.8 Å². The standard InChI is InChI=1S/C9H15N3O5/c1-9(2)16-7-5(11-12-10)6(4(14)3-13)15-8(7)17-9/h4-8,13-14H,3H2,1-2H3/t4-,5?,6?,7+,8+/m1/s1. The van der Waals surface area contributed by atoms with Crippen LogP contribution in [0.25, 0.3) is 10.4 Å². The molecule has 2 saturated heterocycles.